The zero-order chi connectivity index (χ0) is 24.0. The van der Waals surface area contributed by atoms with Gasteiger partial charge in [-0.25, -0.2) is 19.3 Å². The summed E-state index contributed by atoms with van der Waals surface area (Å²) < 4.78 is 16.1. The van der Waals surface area contributed by atoms with Crippen LogP contribution in [0, 0.1) is 12.7 Å². The van der Waals surface area contributed by atoms with Crippen molar-refractivity contribution in [3.8, 4) is 0 Å². The molecule has 2 unspecified atom stereocenters. The van der Waals surface area contributed by atoms with E-state index >= 15 is 0 Å². The maximum absolute atomic E-state index is 14.5. The molecular weight excluding hydrogens is 435 g/mol. The molecule has 1 aliphatic rings. The normalized spacial score (nSPS) is 18.4. The Morgan fingerprint density at radius 1 is 1.18 bits per heavy atom. The molecule has 0 aliphatic carbocycles. The number of carbonyl (C=O) groups is 1. The molecule has 1 aromatic carbocycles. The number of amides is 1. The number of pyridine rings is 1. The fourth-order valence-corrected chi connectivity index (χ4v) is 4.65. The monoisotopic (exact) mass is 462 g/mol. The highest BCUT2D eigenvalue weighted by atomic mass is 19.1. The molecule has 1 amide bonds. The molecule has 1 saturated heterocycles. The first-order valence-corrected chi connectivity index (χ1v) is 11.3. The van der Waals surface area contributed by atoms with Crippen molar-refractivity contribution >= 4 is 39.8 Å². The number of imidazole rings is 1. The van der Waals surface area contributed by atoms with E-state index in [4.69, 9.17) is 0 Å². The SMILES string of the molecule is CNc1ncc2c(N3CC(C)NC(C)C3)ccc(C(=O)Nc3cc(F)c4nc(C)cn4c3)c2n1. The Kier molecular flexibility index (Phi) is 5.52. The molecule has 1 fully saturated rings. The predicted molar refractivity (Wildman–Crippen MR) is 131 cm³/mol. The van der Waals surface area contributed by atoms with Crippen molar-refractivity contribution in [3.63, 3.8) is 0 Å². The van der Waals surface area contributed by atoms with Crippen molar-refractivity contribution < 1.29 is 9.18 Å². The molecule has 0 saturated carbocycles. The van der Waals surface area contributed by atoms with Gasteiger partial charge in [0.25, 0.3) is 5.91 Å². The molecule has 9 nitrogen and oxygen atoms in total. The van der Waals surface area contributed by atoms with Gasteiger partial charge in [0.15, 0.2) is 11.5 Å². The van der Waals surface area contributed by atoms with E-state index in [0.29, 0.717) is 40.5 Å². The number of anilines is 3. The largest absolute Gasteiger partial charge is 0.368 e. The van der Waals surface area contributed by atoms with Crippen LogP contribution in [-0.2, 0) is 0 Å². The van der Waals surface area contributed by atoms with Crippen LogP contribution in [0.5, 0.6) is 0 Å². The Morgan fingerprint density at radius 2 is 1.94 bits per heavy atom. The highest BCUT2D eigenvalue weighted by Crippen LogP contribution is 2.30. The highest BCUT2D eigenvalue weighted by Gasteiger charge is 2.24. The van der Waals surface area contributed by atoms with E-state index in [1.807, 2.05) is 6.07 Å². The van der Waals surface area contributed by atoms with Gasteiger partial charge in [-0.1, -0.05) is 0 Å². The number of fused-ring (bicyclic) bond motifs is 2. The summed E-state index contributed by atoms with van der Waals surface area (Å²) >= 11 is 0. The zero-order valence-corrected chi connectivity index (χ0v) is 19.6. The number of rotatable bonds is 4. The van der Waals surface area contributed by atoms with Crippen LogP contribution < -0.4 is 20.9 Å². The molecule has 176 valence electrons. The lowest BCUT2D eigenvalue weighted by molar-refractivity contribution is 0.102. The minimum Gasteiger partial charge on any atom is -0.368 e. The summed E-state index contributed by atoms with van der Waals surface area (Å²) in [6, 6.07) is 5.64. The first-order valence-electron chi connectivity index (χ1n) is 11.3. The number of piperazine rings is 1. The molecule has 5 rings (SSSR count). The molecular formula is C24H27FN8O. The molecule has 1 aliphatic heterocycles. The number of nitrogens with zero attached hydrogens (tertiary/aromatic N) is 5. The zero-order valence-electron chi connectivity index (χ0n) is 19.6. The number of hydrogen-bond donors (Lipinski definition) is 3. The minimum atomic E-state index is -0.507. The van der Waals surface area contributed by atoms with Gasteiger partial charge < -0.3 is 25.3 Å². The van der Waals surface area contributed by atoms with E-state index in [1.165, 1.54) is 6.07 Å². The van der Waals surface area contributed by atoms with Crippen LogP contribution in [0.4, 0.5) is 21.7 Å². The molecule has 3 aromatic heterocycles. The Bertz CT molecular complexity index is 1390. The number of benzene rings is 1. The Morgan fingerprint density at radius 3 is 2.68 bits per heavy atom. The van der Waals surface area contributed by atoms with Gasteiger partial charge >= 0.3 is 0 Å². The van der Waals surface area contributed by atoms with Gasteiger partial charge in [0.1, 0.15) is 0 Å². The molecule has 4 aromatic rings. The lowest BCUT2D eigenvalue weighted by Crippen LogP contribution is -2.54. The summed E-state index contributed by atoms with van der Waals surface area (Å²) in [5.74, 6) is -0.468. The topological polar surface area (TPSA) is 99.5 Å². The van der Waals surface area contributed by atoms with E-state index < -0.39 is 5.82 Å². The van der Waals surface area contributed by atoms with Gasteiger partial charge in [-0.15, -0.1) is 0 Å². The quantitative estimate of drug-likeness (QED) is 0.428. The molecule has 10 heteroatoms. The predicted octanol–water partition coefficient (Wildman–Crippen LogP) is 3.21. The summed E-state index contributed by atoms with van der Waals surface area (Å²) in [4.78, 5) is 28.8. The molecule has 2 atom stereocenters. The number of hydrogen-bond acceptors (Lipinski definition) is 7. The van der Waals surface area contributed by atoms with Gasteiger partial charge in [-0.2, -0.15) is 0 Å². The van der Waals surface area contributed by atoms with E-state index in [0.717, 1.165) is 24.2 Å². The van der Waals surface area contributed by atoms with Gasteiger partial charge in [0, 0.05) is 68.0 Å². The van der Waals surface area contributed by atoms with Crippen LogP contribution in [-0.4, -0.2) is 57.5 Å². The van der Waals surface area contributed by atoms with Crippen molar-refractivity contribution in [2.24, 2.45) is 0 Å². The third-order valence-electron chi connectivity index (χ3n) is 5.98. The Hall–Kier alpha value is -3.79. The standard InChI is InChI=1S/C24H27FN8O/c1-13-9-32(10-14(2)28-13)20-6-5-17(21-18(20)8-27-24(26-4)31-21)23(34)30-16-7-19(25)22-29-15(3)11-33(22)12-16/h5-8,11-14,28H,9-10H2,1-4H3,(H,30,34)(H,26,27,31). The molecule has 4 heterocycles. The van der Waals surface area contributed by atoms with E-state index in [1.54, 1.807) is 43.0 Å². The van der Waals surface area contributed by atoms with Crippen LogP contribution in [0.1, 0.15) is 29.9 Å². The fraction of sp³-hybridized carbons (Fsp3) is 0.333. The number of halogens is 1. The van der Waals surface area contributed by atoms with Gasteiger partial charge in [-0.05, 0) is 32.9 Å². The second-order valence-corrected chi connectivity index (χ2v) is 8.86. The second-order valence-electron chi connectivity index (χ2n) is 8.86. The summed E-state index contributed by atoms with van der Waals surface area (Å²) in [6.07, 6.45) is 5.10. The maximum Gasteiger partial charge on any atom is 0.257 e. The summed E-state index contributed by atoms with van der Waals surface area (Å²) in [6.45, 7) is 7.77. The lowest BCUT2D eigenvalue weighted by Gasteiger charge is -2.38. The van der Waals surface area contributed by atoms with E-state index in [-0.39, 0.29) is 11.6 Å². The lowest BCUT2D eigenvalue weighted by atomic mass is 10.0. The van der Waals surface area contributed by atoms with Crippen molar-refractivity contribution in [2.75, 3.05) is 35.7 Å². The molecule has 0 spiro atoms. The number of aryl methyl sites for hydroxylation is 1. The third kappa shape index (κ3) is 4.01. The molecule has 34 heavy (non-hydrogen) atoms. The van der Waals surface area contributed by atoms with E-state index in [2.05, 4.69) is 49.6 Å². The summed E-state index contributed by atoms with van der Waals surface area (Å²) in [5.41, 5.74) is 3.14. The number of nitrogens with one attached hydrogen (secondary N) is 3. The third-order valence-corrected chi connectivity index (χ3v) is 5.98. The van der Waals surface area contributed by atoms with Crippen molar-refractivity contribution in [3.05, 3.63) is 53.9 Å². The van der Waals surface area contributed by atoms with Gasteiger partial charge in [-0.3, -0.25) is 4.79 Å². The average Bonchev–Trinajstić information content (AvgIpc) is 3.18. The molecule has 3 N–H and O–H groups in total. The maximum atomic E-state index is 14.5. The van der Waals surface area contributed by atoms with Crippen LogP contribution >= 0.6 is 0 Å². The van der Waals surface area contributed by atoms with Crippen LogP contribution in [0.3, 0.4) is 0 Å². The molecule has 0 bridgehead atoms. The summed E-state index contributed by atoms with van der Waals surface area (Å²) in [7, 11) is 1.73. The fourth-order valence-electron chi connectivity index (χ4n) is 4.65. The number of carbonyl (C=O) groups excluding carboxylic acids is 1. The van der Waals surface area contributed by atoms with Gasteiger partial charge in [0.05, 0.1) is 22.5 Å². The summed E-state index contributed by atoms with van der Waals surface area (Å²) in [5, 5.41) is 10.1. The van der Waals surface area contributed by atoms with Crippen molar-refractivity contribution in [2.45, 2.75) is 32.9 Å². The smallest absolute Gasteiger partial charge is 0.257 e. The molecule has 0 radical (unpaired) electrons. The van der Waals surface area contributed by atoms with E-state index in [9.17, 15) is 9.18 Å². The van der Waals surface area contributed by atoms with Crippen LogP contribution in [0.25, 0.3) is 16.6 Å². The second kappa shape index (κ2) is 8.53. The van der Waals surface area contributed by atoms with Gasteiger partial charge in [0.2, 0.25) is 5.95 Å². The average molecular weight is 463 g/mol. The van der Waals surface area contributed by atoms with Crippen LogP contribution in [0.15, 0.2) is 36.8 Å². The van der Waals surface area contributed by atoms with Crippen molar-refractivity contribution in [1.82, 2.24) is 24.7 Å². The first-order chi connectivity index (χ1) is 16.3. The highest BCUT2D eigenvalue weighted by molar-refractivity contribution is 6.14. The van der Waals surface area contributed by atoms with Crippen LogP contribution in [0.2, 0.25) is 0 Å². The van der Waals surface area contributed by atoms with Crippen molar-refractivity contribution in [1.29, 1.82) is 0 Å². The Balaban J connectivity index is 1.54. The minimum absolute atomic E-state index is 0.219. The Labute approximate surface area is 196 Å². The first kappa shape index (κ1) is 22.0. The number of aromatic nitrogens is 4.